The molecular formula is C17H14ClN3OS. The van der Waals surface area contributed by atoms with Crippen LogP contribution in [0.15, 0.2) is 64.8 Å². The van der Waals surface area contributed by atoms with Crippen LogP contribution in [-0.4, -0.2) is 9.97 Å². The predicted molar refractivity (Wildman–Crippen MR) is 93.3 cm³/mol. The molecule has 2 N–H and O–H groups in total. The molecule has 1 aromatic heterocycles. The zero-order valence-corrected chi connectivity index (χ0v) is 13.9. The highest BCUT2D eigenvalue weighted by molar-refractivity contribution is 7.99. The number of anilines is 1. The van der Waals surface area contributed by atoms with Crippen molar-refractivity contribution in [2.24, 2.45) is 0 Å². The average Bonchev–Trinajstić information content (AvgIpc) is 2.55. The van der Waals surface area contributed by atoms with Crippen LogP contribution in [-0.2, 0) is 0 Å². The fraction of sp³-hybridized carbons (Fsp3) is 0.0588. The lowest BCUT2D eigenvalue weighted by atomic mass is 10.2. The first-order valence-corrected chi connectivity index (χ1v) is 8.09. The van der Waals surface area contributed by atoms with Gasteiger partial charge < -0.3 is 10.5 Å². The highest BCUT2D eigenvalue weighted by Crippen LogP contribution is 2.35. The Morgan fingerprint density at radius 2 is 1.70 bits per heavy atom. The van der Waals surface area contributed by atoms with Crippen molar-refractivity contribution in [2.75, 3.05) is 5.73 Å². The van der Waals surface area contributed by atoms with E-state index in [0.29, 0.717) is 27.4 Å². The van der Waals surface area contributed by atoms with Crippen LogP contribution in [0.4, 0.5) is 5.69 Å². The summed E-state index contributed by atoms with van der Waals surface area (Å²) >= 11 is 7.33. The maximum atomic E-state index is 6.14. The van der Waals surface area contributed by atoms with E-state index in [1.165, 1.54) is 18.1 Å². The van der Waals surface area contributed by atoms with Crippen LogP contribution in [0.5, 0.6) is 11.6 Å². The summed E-state index contributed by atoms with van der Waals surface area (Å²) in [6.45, 7) is 2.02. The van der Waals surface area contributed by atoms with Crippen LogP contribution >= 0.6 is 23.4 Å². The number of nitrogens with two attached hydrogens (primary N) is 1. The Balaban J connectivity index is 1.83. The van der Waals surface area contributed by atoms with Crippen LogP contribution in [0.25, 0.3) is 0 Å². The van der Waals surface area contributed by atoms with Crippen molar-refractivity contribution in [1.82, 2.24) is 9.97 Å². The molecule has 0 bridgehead atoms. The lowest BCUT2D eigenvalue weighted by Crippen LogP contribution is -1.99. The number of rotatable bonds is 4. The van der Waals surface area contributed by atoms with Gasteiger partial charge in [0.1, 0.15) is 22.8 Å². The van der Waals surface area contributed by atoms with Gasteiger partial charge in [0.25, 0.3) is 0 Å². The number of aromatic nitrogens is 2. The Bertz CT molecular complexity index is 741. The monoisotopic (exact) mass is 343 g/mol. The van der Waals surface area contributed by atoms with E-state index in [9.17, 15) is 0 Å². The van der Waals surface area contributed by atoms with E-state index < -0.39 is 0 Å². The fourth-order valence-electron chi connectivity index (χ4n) is 1.86. The molecule has 0 aliphatic carbocycles. The van der Waals surface area contributed by atoms with Crippen molar-refractivity contribution in [3.63, 3.8) is 0 Å². The van der Waals surface area contributed by atoms with Crippen molar-refractivity contribution >= 4 is 29.1 Å². The van der Waals surface area contributed by atoms with Gasteiger partial charge >= 0.3 is 0 Å². The molecule has 0 fully saturated rings. The summed E-state index contributed by atoms with van der Waals surface area (Å²) in [5.41, 5.74) is 7.71. The Morgan fingerprint density at radius 3 is 2.39 bits per heavy atom. The van der Waals surface area contributed by atoms with Crippen molar-refractivity contribution < 1.29 is 4.74 Å². The maximum absolute atomic E-state index is 6.14. The first-order valence-electron chi connectivity index (χ1n) is 6.90. The summed E-state index contributed by atoms with van der Waals surface area (Å²) in [7, 11) is 0. The van der Waals surface area contributed by atoms with Gasteiger partial charge in [-0.1, -0.05) is 41.1 Å². The highest BCUT2D eigenvalue weighted by atomic mass is 35.5. The number of hydrogen-bond donors (Lipinski definition) is 1. The third-order valence-corrected chi connectivity index (χ3v) is 4.35. The van der Waals surface area contributed by atoms with Gasteiger partial charge in [-0.3, -0.25) is 0 Å². The molecular weight excluding hydrogens is 330 g/mol. The second-order valence-corrected chi connectivity index (χ2v) is 6.37. The lowest BCUT2D eigenvalue weighted by molar-refractivity contribution is 0.462. The minimum Gasteiger partial charge on any atom is -0.437 e. The molecule has 6 heteroatoms. The van der Waals surface area contributed by atoms with E-state index in [1.54, 1.807) is 0 Å². The summed E-state index contributed by atoms with van der Waals surface area (Å²) in [5.74, 6) is 1.03. The Labute approximate surface area is 143 Å². The summed E-state index contributed by atoms with van der Waals surface area (Å²) in [5, 5.41) is 1.33. The molecule has 0 aliphatic rings. The molecule has 0 radical (unpaired) electrons. The largest absolute Gasteiger partial charge is 0.437 e. The van der Waals surface area contributed by atoms with Gasteiger partial charge in [0.05, 0.1) is 0 Å². The first kappa shape index (κ1) is 15.6. The molecule has 23 heavy (non-hydrogen) atoms. The van der Waals surface area contributed by atoms with Gasteiger partial charge in [0, 0.05) is 9.92 Å². The predicted octanol–water partition coefficient (Wildman–Crippen LogP) is 4.96. The van der Waals surface area contributed by atoms with Crippen LogP contribution < -0.4 is 10.5 Å². The SMILES string of the molecule is Cc1ccc(Oc2ncnc(Sc3ccc(Cl)cc3)c2N)cc1. The summed E-state index contributed by atoms with van der Waals surface area (Å²) in [6.07, 6.45) is 1.44. The van der Waals surface area contributed by atoms with Gasteiger partial charge in [-0.05, 0) is 43.3 Å². The van der Waals surface area contributed by atoms with Crippen molar-refractivity contribution in [3.05, 3.63) is 65.4 Å². The van der Waals surface area contributed by atoms with Crippen molar-refractivity contribution in [3.8, 4) is 11.6 Å². The summed E-state index contributed by atoms with van der Waals surface area (Å²) < 4.78 is 5.75. The second-order valence-electron chi connectivity index (χ2n) is 4.87. The maximum Gasteiger partial charge on any atom is 0.247 e. The lowest BCUT2D eigenvalue weighted by Gasteiger charge is -2.10. The Kier molecular flexibility index (Phi) is 4.69. The highest BCUT2D eigenvalue weighted by Gasteiger charge is 2.11. The molecule has 0 saturated heterocycles. The molecule has 2 aromatic carbocycles. The summed E-state index contributed by atoms with van der Waals surface area (Å²) in [6, 6.07) is 15.2. The average molecular weight is 344 g/mol. The molecule has 3 rings (SSSR count). The van der Waals surface area contributed by atoms with Gasteiger partial charge in [-0.2, -0.15) is 4.98 Å². The topological polar surface area (TPSA) is 61.0 Å². The normalized spacial score (nSPS) is 10.5. The smallest absolute Gasteiger partial charge is 0.247 e. The van der Waals surface area contributed by atoms with Crippen LogP contribution in [0, 0.1) is 6.92 Å². The van der Waals surface area contributed by atoms with Gasteiger partial charge in [-0.15, -0.1) is 0 Å². The third kappa shape index (κ3) is 3.94. The Hall–Kier alpha value is -2.24. The molecule has 4 nitrogen and oxygen atoms in total. The van der Waals surface area contributed by atoms with Gasteiger partial charge in [0.15, 0.2) is 0 Å². The van der Waals surface area contributed by atoms with Gasteiger partial charge in [-0.25, -0.2) is 4.98 Å². The number of nitrogens with zero attached hydrogens (tertiary/aromatic N) is 2. The van der Waals surface area contributed by atoms with E-state index in [0.717, 1.165) is 10.5 Å². The minimum atomic E-state index is 0.348. The van der Waals surface area contributed by atoms with E-state index >= 15 is 0 Å². The number of ether oxygens (including phenoxy) is 1. The standard InChI is InChI=1S/C17H14ClN3OS/c1-11-2-6-13(7-3-11)22-16-15(19)17(21-10-20-16)23-14-8-4-12(18)5-9-14/h2-10H,19H2,1H3. The fourth-order valence-corrected chi connectivity index (χ4v) is 2.78. The first-order chi connectivity index (χ1) is 11.1. The minimum absolute atomic E-state index is 0.348. The van der Waals surface area contributed by atoms with E-state index in [2.05, 4.69) is 9.97 Å². The molecule has 0 amide bonds. The Morgan fingerprint density at radius 1 is 1.00 bits per heavy atom. The number of hydrogen-bond acceptors (Lipinski definition) is 5. The molecule has 0 aliphatic heterocycles. The van der Waals surface area contributed by atoms with Crippen molar-refractivity contribution in [1.29, 1.82) is 0 Å². The molecule has 0 atom stereocenters. The third-order valence-electron chi connectivity index (χ3n) is 3.07. The number of aryl methyl sites for hydroxylation is 1. The zero-order chi connectivity index (χ0) is 16.2. The van der Waals surface area contributed by atoms with E-state index in [1.807, 2.05) is 55.5 Å². The molecule has 116 valence electrons. The summed E-state index contributed by atoms with van der Waals surface area (Å²) in [4.78, 5) is 9.33. The molecule has 1 heterocycles. The van der Waals surface area contributed by atoms with Crippen molar-refractivity contribution in [2.45, 2.75) is 16.8 Å². The van der Waals surface area contributed by atoms with Gasteiger partial charge in [0.2, 0.25) is 5.88 Å². The molecule has 3 aromatic rings. The van der Waals surface area contributed by atoms with Crippen LogP contribution in [0.3, 0.4) is 0 Å². The second kappa shape index (κ2) is 6.89. The number of halogens is 1. The van der Waals surface area contributed by atoms with Crippen LogP contribution in [0.1, 0.15) is 5.56 Å². The number of benzene rings is 2. The zero-order valence-electron chi connectivity index (χ0n) is 12.4. The quantitative estimate of drug-likeness (QED) is 0.678. The number of nitrogen functional groups attached to an aromatic ring is 1. The van der Waals surface area contributed by atoms with Crippen LogP contribution in [0.2, 0.25) is 5.02 Å². The van der Waals surface area contributed by atoms with E-state index in [4.69, 9.17) is 22.1 Å². The molecule has 0 unspecified atom stereocenters. The van der Waals surface area contributed by atoms with E-state index in [-0.39, 0.29) is 0 Å². The molecule has 0 spiro atoms. The molecule has 0 saturated carbocycles.